The van der Waals surface area contributed by atoms with Crippen LogP contribution >= 0.6 is 0 Å². The van der Waals surface area contributed by atoms with Gasteiger partial charge in [0.05, 0.1) is 18.1 Å². The molecule has 1 aromatic carbocycles. The summed E-state index contributed by atoms with van der Waals surface area (Å²) in [6, 6.07) is 7.54. The molecule has 0 fully saturated rings. The molecule has 2 aromatic rings. The second-order valence-corrected chi connectivity index (χ2v) is 6.45. The van der Waals surface area contributed by atoms with E-state index in [-0.39, 0.29) is 10.8 Å². The van der Waals surface area contributed by atoms with E-state index in [4.69, 9.17) is 5.73 Å². The number of nitrogens with two attached hydrogens (primary N) is 1. The summed E-state index contributed by atoms with van der Waals surface area (Å²) < 4.78 is 26.8. The Bertz CT molecular complexity index is 728. The van der Waals surface area contributed by atoms with Gasteiger partial charge in [0.2, 0.25) is 5.95 Å². The fourth-order valence-corrected chi connectivity index (χ4v) is 3.77. The van der Waals surface area contributed by atoms with E-state index >= 15 is 0 Å². The molecule has 0 radical (unpaired) electrons. The van der Waals surface area contributed by atoms with Gasteiger partial charge in [-0.1, -0.05) is 18.2 Å². The van der Waals surface area contributed by atoms with E-state index in [1.807, 2.05) is 24.3 Å². The van der Waals surface area contributed by atoms with Crippen LogP contribution in [-0.4, -0.2) is 24.9 Å². The van der Waals surface area contributed by atoms with Gasteiger partial charge in [-0.25, -0.2) is 18.4 Å². The summed E-state index contributed by atoms with van der Waals surface area (Å²) in [7, 11) is -3.64. The van der Waals surface area contributed by atoms with Crippen LogP contribution in [-0.2, 0) is 16.4 Å². The number of para-hydroxylation sites is 1. The molecule has 1 aliphatic heterocycles. The van der Waals surface area contributed by atoms with Crippen molar-refractivity contribution >= 4 is 21.7 Å². The predicted octanol–water partition coefficient (Wildman–Crippen LogP) is 1.20. The number of aryl methyl sites for hydroxylation is 1. The molecule has 20 heavy (non-hydrogen) atoms. The van der Waals surface area contributed by atoms with Gasteiger partial charge in [-0.2, -0.15) is 0 Å². The summed E-state index contributed by atoms with van der Waals surface area (Å²) in [5, 5.41) is 0. The maximum absolute atomic E-state index is 12.7. The highest BCUT2D eigenvalue weighted by atomic mass is 32.2. The Labute approximate surface area is 117 Å². The fraction of sp³-hybridized carbons (Fsp3) is 0.231. The Balaban J connectivity index is 2.07. The lowest BCUT2D eigenvalue weighted by Gasteiger charge is -2.30. The zero-order valence-corrected chi connectivity index (χ0v) is 11.5. The lowest BCUT2D eigenvalue weighted by atomic mass is 10.0. The largest absolute Gasteiger partial charge is 0.368 e. The lowest BCUT2D eigenvalue weighted by Crippen LogP contribution is -2.35. The van der Waals surface area contributed by atoms with Crippen molar-refractivity contribution < 1.29 is 8.42 Å². The Morgan fingerprint density at radius 3 is 2.60 bits per heavy atom. The minimum absolute atomic E-state index is 0.0583. The summed E-state index contributed by atoms with van der Waals surface area (Å²) in [5.74, 6) is 0.0583. The first-order valence-electron chi connectivity index (χ1n) is 6.27. The number of nitrogen functional groups attached to an aromatic ring is 1. The molecule has 104 valence electrons. The summed E-state index contributed by atoms with van der Waals surface area (Å²) in [6.45, 7) is 0.462. The first kappa shape index (κ1) is 12.9. The van der Waals surface area contributed by atoms with Crippen molar-refractivity contribution in [1.29, 1.82) is 0 Å². The summed E-state index contributed by atoms with van der Waals surface area (Å²) in [5.41, 5.74) is 7.17. The number of sulfonamides is 1. The van der Waals surface area contributed by atoms with E-state index < -0.39 is 10.0 Å². The molecule has 3 rings (SSSR count). The second-order valence-electron chi connectivity index (χ2n) is 4.59. The third kappa shape index (κ3) is 2.09. The van der Waals surface area contributed by atoms with Gasteiger partial charge in [0, 0.05) is 6.54 Å². The molecule has 6 nitrogen and oxygen atoms in total. The van der Waals surface area contributed by atoms with Gasteiger partial charge in [-0.3, -0.25) is 4.31 Å². The van der Waals surface area contributed by atoms with Crippen LogP contribution in [0.4, 0.5) is 11.6 Å². The monoisotopic (exact) mass is 290 g/mol. The number of fused-ring (bicyclic) bond motifs is 1. The van der Waals surface area contributed by atoms with Crippen LogP contribution in [0.3, 0.4) is 0 Å². The maximum atomic E-state index is 12.7. The number of aromatic nitrogens is 2. The highest BCUT2D eigenvalue weighted by Gasteiger charge is 2.29. The Hall–Kier alpha value is -2.15. The van der Waals surface area contributed by atoms with Crippen molar-refractivity contribution in [3.05, 3.63) is 42.2 Å². The van der Waals surface area contributed by atoms with Crippen molar-refractivity contribution in [2.24, 2.45) is 0 Å². The molecule has 1 aliphatic rings. The van der Waals surface area contributed by atoms with Crippen LogP contribution in [0.15, 0.2) is 41.6 Å². The van der Waals surface area contributed by atoms with Crippen LogP contribution in [0, 0.1) is 0 Å². The molecule has 0 saturated heterocycles. The summed E-state index contributed by atoms with van der Waals surface area (Å²) in [4.78, 5) is 7.57. The molecule has 2 heterocycles. The first-order valence-corrected chi connectivity index (χ1v) is 7.71. The average Bonchev–Trinajstić information content (AvgIpc) is 2.47. The number of rotatable bonds is 2. The second kappa shape index (κ2) is 4.75. The van der Waals surface area contributed by atoms with E-state index in [0.717, 1.165) is 24.1 Å². The standard InChI is InChI=1S/C13H14N4O2S/c14-13-15-8-11(9-16-13)20(18,19)17-7-3-5-10-4-1-2-6-12(10)17/h1-2,4,6,8-9H,3,5,7H2,(H2,14,15,16). The van der Waals surface area contributed by atoms with E-state index in [1.54, 1.807) is 0 Å². The summed E-state index contributed by atoms with van der Waals surface area (Å²) in [6.07, 6.45) is 4.18. The van der Waals surface area contributed by atoms with Crippen LogP contribution in [0.1, 0.15) is 12.0 Å². The van der Waals surface area contributed by atoms with E-state index in [9.17, 15) is 8.42 Å². The predicted molar refractivity (Wildman–Crippen MR) is 75.7 cm³/mol. The SMILES string of the molecule is Nc1ncc(S(=O)(=O)N2CCCc3ccccc32)cn1. The molecule has 2 N–H and O–H groups in total. The fourth-order valence-electron chi connectivity index (χ4n) is 2.34. The lowest BCUT2D eigenvalue weighted by molar-refractivity contribution is 0.585. The molecule has 7 heteroatoms. The zero-order chi connectivity index (χ0) is 14.2. The van der Waals surface area contributed by atoms with E-state index in [2.05, 4.69) is 9.97 Å². The van der Waals surface area contributed by atoms with Crippen LogP contribution in [0.2, 0.25) is 0 Å². The molecule has 0 unspecified atom stereocenters. The number of hydrogen-bond acceptors (Lipinski definition) is 5. The minimum atomic E-state index is -3.64. The highest BCUT2D eigenvalue weighted by molar-refractivity contribution is 7.92. The Kier molecular flexibility index (Phi) is 3.06. The highest BCUT2D eigenvalue weighted by Crippen LogP contribution is 2.31. The van der Waals surface area contributed by atoms with Crippen molar-refractivity contribution in [1.82, 2.24) is 9.97 Å². The van der Waals surface area contributed by atoms with Gasteiger partial charge in [0.1, 0.15) is 4.90 Å². The number of nitrogens with zero attached hydrogens (tertiary/aromatic N) is 3. The minimum Gasteiger partial charge on any atom is -0.368 e. The zero-order valence-electron chi connectivity index (χ0n) is 10.7. The molecule has 0 amide bonds. The van der Waals surface area contributed by atoms with Crippen LogP contribution in [0.5, 0.6) is 0 Å². The molecular weight excluding hydrogens is 276 g/mol. The van der Waals surface area contributed by atoms with Gasteiger partial charge in [-0.15, -0.1) is 0 Å². The first-order chi connectivity index (χ1) is 9.59. The van der Waals surface area contributed by atoms with Crippen molar-refractivity contribution in [3.63, 3.8) is 0 Å². The van der Waals surface area contributed by atoms with Gasteiger partial charge >= 0.3 is 0 Å². The van der Waals surface area contributed by atoms with Crippen LogP contribution < -0.4 is 10.0 Å². The topological polar surface area (TPSA) is 89.2 Å². The Morgan fingerprint density at radius 2 is 1.85 bits per heavy atom. The van der Waals surface area contributed by atoms with Gasteiger partial charge in [0.15, 0.2) is 0 Å². The van der Waals surface area contributed by atoms with E-state index in [0.29, 0.717) is 6.54 Å². The average molecular weight is 290 g/mol. The quantitative estimate of drug-likeness (QED) is 0.897. The van der Waals surface area contributed by atoms with Crippen molar-refractivity contribution in [2.75, 3.05) is 16.6 Å². The van der Waals surface area contributed by atoms with Gasteiger partial charge in [-0.05, 0) is 24.5 Å². The van der Waals surface area contributed by atoms with Crippen LogP contribution in [0.25, 0.3) is 0 Å². The molecule has 0 aliphatic carbocycles. The number of benzene rings is 1. The smallest absolute Gasteiger partial charge is 0.267 e. The van der Waals surface area contributed by atoms with Crippen molar-refractivity contribution in [2.45, 2.75) is 17.7 Å². The molecular formula is C13H14N4O2S. The number of hydrogen-bond donors (Lipinski definition) is 1. The Morgan fingerprint density at radius 1 is 1.15 bits per heavy atom. The molecule has 0 spiro atoms. The maximum Gasteiger partial charge on any atom is 0.267 e. The van der Waals surface area contributed by atoms with E-state index in [1.165, 1.54) is 16.7 Å². The number of anilines is 2. The molecule has 0 bridgehead atoms. The summed E-state index contributed by atoms with van der Waals surface area (Å²) >= 11 is 0. The third-order valence-corrected chi connectivity index (χ3v) is 5.07. The van der Waals surface area contributed by atoms with Gasteiger partial charge in [0.25, 0.3) is 10.0 Å². The molecule has 0 saturated carbocycles. The third-order valence-electron chi connectivity index (χ3n) is 3.30. The van der Waals surface area contributed by atoms with Gasteiger partial charge < -0.3 is 5.73 Å². The van der Waals surface area contributed by atoms with Crippen molar-refractivity contribution in [3.8, 4) is 0 Å². The molecule has 1 aromatic heterocycles. The normalized spacial score (nSPS) is 14.9. The molecule has 0 atom stereocenters.